The van der Waals surface area contributed by atoms with Gasteiger partial charge in [0.25, 0.3) is 11.7 Å². The lowest BCUT2D eigenvalue weighted by molar-refractivity contribution is 0.102. The molecule has 3 rings (SSSR count). The fraction of sp³-hybridized carbons (Fsp3) is 0.0526. The number of hydrogen-bond acceptors (Lipinski definition) is 4. The van der Waals surface area contributed by atoms with Crippen LogP contribution in [0.2, 0.25) is 5.02 Å². The first-order valence-electron chi connectivity index (χ1n) is 7.76. The third kappa shape index (κ3) is 5.18. The Labute approximate surface area is 163 Å². The number of carbonyl (C=O) groups is 1. The summed E-state index contributed by atoms with van der Waals surface area (Å²) in [5.74, 6) is -2.13. The minimum Gasteiger partial charge on any atom is -0.456 e. The number of para-hydroxylation sites is 1. The van der Waals surface area contributed by atoms with Gasteiger partial charge < -0.3 is 10.1 Å². The van der Waals surface area contributed by atoms with E-state index in [9.17, 15) is 13.6 Å². The Morgan fingerprint density at radius 2 is 1.81 bits per heavy atom. The zero-order chi connectivity index (χ0) is 19.2. The fourth-order valence-electron chi connectivity index (χ4n) is 2.20. The van der Waals surface area contributed by atoms with E-state index < -0.39 is 11.7 Å². The minimum absolute atomic E-state index is 0.0244. The first-order valence-corrected chi connectivity index (χ1v) is 9.02. The van der Waals surface area contributed by atoms with Crippen molar-refractivity contribution in [2.24, 2.45) is 0 Å². The highest BCUT2D eigenvalue weighted by molar-refractivity contribution is 7.99. The molecule has 4 nitrogen and oxygen atoms in total. The van der Waals surface area contributed by atoms with Crippen LogP contribution in [0.5, 0.6) is 11.5 Å². The summed E-state index contributed by atoms with van der Waals surface area (Å²) >= 11 is 6.28. The molecule has 1 aromatic heterocycles. The summed E-state index contributed by atoms with van der Waals surface area (Å²) < 4.78 is 30.9. The van der Waals surface area contributed by atoms with E-state index in [1.54, 1.807) is 48.5 Å². The molecular weight excluding hydrogens is 394 g/mol. The van der Waals surface area contributed by atoms with Gasteiger partial charge in [0.1, 0.15) is 16.5 Å². The smallest absolute Gasteiger partial charge is 0.290 e. The van der Waals surface area contributed by atoms with Crippen LogP contribution in [0.4, 0.5) is 14.5 Å². The maximum atomic E-state index is 12.6. The standard InChI is InChI=1S/C19H13ClF2N2O2S/c20-15-5-1-2-6-16(15)26-13-9-7-12(8-10-13)24-17(25)14-4-3-11-23-18(14)27-19(21)22/h1-11,19H,(H,24,25). The summed E-state index contributed by atoms with van der Waals surface area (Å²) in [5.41, 5.74) is 0.572. The van der Waals surface area contributed by atoms with E-state index in [4.69, 9.17) is 16.3 Å². The number of amides is 1. The number of anilines is 1. The van der Waals surface area contributed by atoms with Crippen LogP contribution in [0.3, 0.4) is 0 Å². The van der Waals surface area contributed by atoms with Crippen molar-refractivity contribution >= 4 is 35.0 Å². The molecule has 0 fully saturated rings. The zero-order valence-electron chi connectivity index (χ0n) is 13.7. The van der Waals surface area contributed by atoms with Crippen LogP contribution in [0.15, 0.2) is 71.9 Å². The average Bonchev–Trinajstić information content (AvgIpc) is 2.65. The molecule has 0 radical (unpaired) electrons. The van der Waals surface area contributed by atoms with E-state index in [0.29, 0.717) is 22.2 Å². The maximum absolute atomic E-state index is 12.6. The summed E-state index contributed by atoms with van der Waals surface area (Å²) in [5, 5.41) is 3.11. The van der Waals surface area contributed by atoms with Crippen LogP contribution in [0.25, 0.3) is 0 Å². The summed E-state index contributed by atoms with van der Waals surface area (Å²) in [6, 6.07) is 16.6. The predicted octanol–water partition coefficient (Wildman–Crippen LogP) is 6.09. The Bertz CT molecular complexity index is 939. The normalized spacial score (nSPS) is 10.7. The molecule has 0 saturated carbocycles. The van der Waals surface area contributed by atoms with Gasteiger partial charge in [-0.25, -0.2) is 4.98 Å². The second-order valence-corrected chi connectivity index (χ2v) is 6.63. The Balaban J connectivity index is 1.70. The number of nitrogens with one attached hydrogen (secondary N) is 1. The van der Waals surface area contributed by atoms with E-state index in [1.807, 2.05) is 0 Å². The van der Waals surface area contributed by atoms with Crippen molar-refractivity contribution < 1.29 is 18.3 Å². The topological polar surface area (TPSA) is 51.2 Å². The van der Waals surface area contributed by atoms with E-state index in [-0.39, 0.29) is 22.4 Å². The van der Waals surface area contributed by atoms with Gasteiger partial charge in [0.15, 0.2) is 0 Å². The van der Waals surface area contributed by atoms with Crippen molar-refractivity contribution in [3.8, 4) is 11.5 Å². The molecule has 0 aliphatic carbocycles. The van der Waals surface area contributed by atoms with Gasteiger partial charge in [-0.15, -0.1) is 0 Å². The number of rotatable bonds is 6. The number of aromatic nitrogens is 1. The summed E-state index contributed by atoms with van der Waals surface area (Å²) in [4.78, 5) is 16.2. The molecule has 1 N–H and O–H groups in total. The van der Waals surface area contributed by atoms with Crippen molar-refractivity contribution in [3.63, 3.8) is 0 Å². The van der Waals surface area contributed by atoms with Gasteiger partial charge in [0.05, 0.1) is 10.6 Å². The van der Waals surface area contributed by atoms with Gasteiger partial charge in [-0.2, -0.15) is 8.78 Å². The highest BCUT2D eigenvalue weighted by atomic mass is 35.5. The van der Waals surface area contributed by atoms with Crippen LogP contribution < -0.4 is 10.1 Å². The lowest BCUT2D eigenvalue weighted by Gasteiger charge is -2.10. The number of hydrogen-bond donors (Lipinski definition) is 1. The molecule has 138 valence electrons. The monoisotopic (exact) mass is 406 g/mol. The molecular formula is C19H13ClF2N2O2S. The number of nitrogens with zero attached hydrogens (tertiary/aromatic N) is 1. The largest absolute Gasteiger partial charge is 0.456 e. The molecule has 0 bridgehead atoms. The number of alkyl halides is 2. The van der Waals surface area contributed by atoms with Crippen LogP contribution in [0, 0.1) is 0 Å². The van der Waals surface area contributed by atoms with Crippen LogP contribution in [-0.2, 0) is 0 Å². The lowest BCUT2D eigenvalue weighted by Crippen LogP contribution is -2.13. The molecule has 0 aliphatic rings. The maximum Gasteiger partial charge on any atom is 0.290 e. The Morgan fingerprint density at radius 1 is 1.07 bits per heavy atom. The second kappa shape index (κ2) is 8.83. The van der Waals surface area contributed by atoms with Crippen molar-refractivity contribution in [2.45, 2.75) is 10.8 Å². The average molecular weight is 407 g/mol. The molecule has 0 atom stereocenters. The number of ether oxygens (including phenoxy) is 1. The van der Waals surface area contributed by atoms with Gasteiger partial charge in [-0.1, -0.05) is 23.7 Å². The third-order valence-corrected chi connectivity index (χ3v) is 4.43. The quantitative estimate of drug-likeness (QED) is 0.503. The van der Waals surface area contributed by atoms with E-state index in [1.165, 1.54) is 18.3 Å². The number of carbonyl (C=O) groups excluding carboxylic acids is 1. The fourth-order valence-corrected chi connectivity index (χ4v) is 2.95. The molecule has 2 aromatic carbocycles. The third-order valence-electron chi connectivity index (χ3n) is 3.39. The van der Waals surface area contributed by atoms with Crippen LogP contribution in [-0.4, -0.2) is 16.6 Å². The molecule has 3 aromatic rings. The van der Waals surface area contributed by atoms with Gasteiger partial charge in [-0.05, 0) is 60.3 Å². The van der Waals surface area contributed by atoms with Gasteiger partial charge >= 0.3 is 0 Å². The zero-order valence-corrected chi connectivity index (χ0v) is 15.3. The lowest BCUT2D eigenvalue weighted by atomic mass is 10.2. The molecule has 8 heteroatoms. The summed E-state index contributed by atoms with van der Waals surface area (Å²) in [6.45, 7) is 0. The summed E-state index contributed by atoms with van der Waals surface area (Å²) in [6.07, 6.45) is 1.36. The predicted molar refractivity (Wildman–Crippen MR) is 102 cm³/mol. The Hall–Kier alpha value is -2.64. The van der Waals surface area contributed by atoms with Crippen molar-refractivity contribution in [3.05, 3.63) is 77.4 Å². The first kappa shape index (κ1) is 19.1. The molecule has 0 spiro atoms. The molecule has 0 unspecified atom stereocenters. The van der Waals surface area contributed by atoms with Crippen molar-refractivity contribution in [1.82, 2.24) is 4.98 Å². The molecule has 0 saturated heterocycles. The minimum atomic E-state index is -2.66. The number of halogens is 3. The Morgan fingerprint density at radius 3 is 2.52 bits per heavy atom. The van der Waals surface area contributed by atoms with Gasteiger partial charge in [0, 0.05) is 11.9 Å². The highest BCUT2D eigenvalue weighted by Gasteiger charge is 2.16. The summed E-state index contributed by atoms with van der Waals surface area (Å²) in [7, 11) is 0. The van der Waals surface area contributed by atoms with E-state index in [0.717, 1.165) is 0 Å². The molecule has 27 heavy (non-hydrogen) atoms. The Kier molecular flexibility index (Phi) is 6.26. The van der Waals surface area contributed by atoms with E-state index in [2.05, 4.69) is 10.3 Å². The molecule has 0 aliphatic heterocycles. The number of benzene rings is 2. The van der Waals surface area contributed by atoms with E-state index >= 15 is 0 Å². The van der Waals surface area contributed by atoms with Crippen LogP contribution >= 0.6 is 23.4 Å². The second-order valence-electron chi connectivity index (χ2n) is 5.25. The van der Waals surface area contributed by atoms with Gasteiger partial charge in [-0.3, -0.25) is 4.79 Å². The van der Waals surface area contributed by atoms with Crippen LogP contribution in [0.1, 0.15) is 10.4 Å². The number of pyridine rings is 1. The highest BCUT2D eigenvalue weighted by Crippen LogP contribution is 2.30. The SMILES string of the molecule is O=C(Nc1ccc(Oc2ccccc2Cl)cc1)c1cccnc1SC(F)F. The number of thioether (sulfide) groups is 1. The molecule has 1 amide bonds. The molecule has 1 heterocycles. The first-order chi connectivity index (χ1) is 13.0. The van der Waals surface area contributed by atoms with Crippen molar-refractivity contribution in [1.29, 1.82) is 0 Å². The van der Waals surface area contributed by atoms with Gasteiger partial charge in [0.2, 0.25) is 0 Å². The van der Waals surface area contributed by atoms with Crippen molar-refractivity contribution in [2.75, 3.05) is 5.32 Å².